The molecule has 11 rings (SSSR count). The summed E-state index contributed by atoms with van der Waals surface area (Å²) in [6.45, 7) is 0. The first-order valence-electron chi connectivity index (χ1n) is 16.3. The quantitative estimate of drug-likeness (QED) is 0.183. The van der Waals surface area contributed by atoms with Crippen molar-refractivity contribution in [1.29, 1.82) is 0 Å². The molecule has 0 bridgehead atoms. The molecule has 0 saturated carbocycles. The van der Waals surface area contributed by atoms with Crippen LogP contribution in [0.2, 0.25) is 0 Å². The van der Waals surface area contributed by atoms with Crippen molar-refractivity contribution in [2.45, 2.75) is 0 Å². The number of pyridine rings is 1. The topological polar surface area (TPSA) is 39.2 Å². The van der Waals surface area contributed by atoms with Gasteiger partial charge in [-0.3, -0.25) is 0 Å². The van der Waals surface area contributed by atoms with Gasteiger partial charge >= 0.3 is 0 Å². The highest BCUT2D eigenvalue weighted by Crippen LogP contribution is 2.49. The molecule has 0 aliphatic carbocycles. The highest BCUT2D eigenvalue weighted by molar-refractivity contribution is 6.29. The second-order valence-electron chi connectivity index (χ2n) is 12.6. The Balaban J connectivity index is 1.37. The van der Waals surface area contributed by atoms with Crippen LogP contribution in [-0.2, 0) is 0 Å². The summed E-state index contributed by atoms with van der Waals surface area (Å²) >= 11 is 0. The predicted molar refractivity (Wildman–Crippen MR) is 200 cm³/mol. The minimum absolute atomic E-state index is 0.776. The average molecular weight is 612 g/mol. The molecule has 3 nitrogen and oxygen atoms in total. The molecule has 0 radical (unpaired) electrons. The van der Waals surface area contributed by atoms with E-state index in [4.69, 9.17) is 13.8 Å². The molecule has 0 amide bonds. The lowest BCUT2D eigenvalue weighted by Crippen LogP contribution is -1.94. The summed E-state index contributed by atoms with van der Waals surface area (Å²) in [5, 5.41) is 12.3. The van der Waals surface area contributed by atoms with Crippen LogP contribution in [0.1, 0.15) is 0 Å². The van der Waals surface area contributed by atoms with E-state index in [9.17, 15) is 0 Å². The fourth-order valence-electron chi connectivity index (χ4n) is 8.00. The molecular formula is C45H25NO2. The molecular weight excluding hydrogens is 587 g/mol. The number of para-hydroxylation sites is 2. The number of hydrogen-bond acceptors (Lipinski definition) is 3. The van der Waals surface area contributed by atoms with Gasteiger partial charge in [-0.2, -0.15) is 0 Å². The van der Waals surface area contributed by atoms with E-state index in [-0.39, 0.29) is 0 Å². The maximum atomic E-state index is 6.73. The maximum absolute atomic E-state index is 6.73. The van der Waals surface area contributed by atoms with Crippen molar-refractivity contribution in [1.82, 2.24) is 4.98 Å². The minimum atomic E-state index is 0.776. The highest BCUT2D eigenvalue weighted by Gasteiger charge is 2.25. The molecule has 0 aliphatic heterocycles. The fraction of sp³-hybridized carbons (Fsp3) is 0. The molecule has 0 fully saturated rings. The molecule has 3 heterocycles. The van der Waals surface area contributed by atoms with Crippen LogP contribution in [0.5, 0.6) is 0 Å². The van der Waals surface area contributed by atoms with Crippen LogP contribution in [0, 0.1) is 0 Å². The number of furan rings is 2. The van der Waals surface area contributed by atoms with Crippen LogP contribution in [0.4, 0.5) is 0 Å². The van der Waals surface area contributed by atoms with Crippen LogP contribution >= 0.6 is 0 Å². The monoisotopic (exact) mass is 611 g/mol. The van der Waals surface area contributed by atoms with Gasteiger partial charge in [-0.05, 0) is 67.7 Å². The van der Waals surface area contributed by atoms with Crippen LogP contribution in [-0.4, -0.2) is 4.98 Å². The third-order valence-electron chi connectivity index (χ3n) is 10.0. The normalized spacial score (nSPS) is 12.2. The summed E-state index contributed by atoms with van der Waals surface area (Å²) in [6.07, 6.45) is 0. The summed E-state index contributed by atoms with van der Waals surface area (Å²) in [4.78, 5) is 5.62. The molecule has 11 aromatic rings. The summed E-state index contributed by atoms with van der Waals surface area (Å²) in [6, 6.07) is 53.6. The Kier molecular flexibility index (Phi) is 5.11. The zero-order valence-corrected chi connectivity index (χ0v) is 25.7. The molecule has 3 aromatic heterocycles. The molecule has 8 aromatic carbocycles. The van der Waals surface area contributed by atoms with Gasteiger partial charge < -0.3 is 8.83 Å². The molecule has 0 atom stereocenters. The maximum Gasteiger partial charge on any atom is 0.161 e. The highest BCUT2D eigenvalue weighted by atomic mass is 16.3. The van der Waals surface area contributed by atoms with E-state index >= 15 is 0 Å². The SMILES string of the molecule is c1ccc2c(-c3c4ccccc4c(-c4nc5c(ccc6c7ccccc7oc65)c5oc6ccccc6c45)c4ccccc34)cccc2c1. The fourth-order valence-corrected chi connectivity index (χ4v) is 8.00. The standard InChI is InChI=1S/C45H25NO2/c1-2-14-27-26(12-1)13-11-21-29(27)39-30-16-3-5-18-32(30)40(33-19-6-4-17-31(33)39)43-41-35-20-8-10-23-38(35)47-44(41)36-25-24-34-28-15-7-9-22-37(28)48-45(34)42(36)46-43/h1-25H. The molecule has 222 valence electrons. The number of rotatable bonds is 2. The largest absolute Gasteiger partial charge is 0.455 e. The minimum Gasteiger partial charge on any atom is -0.455 e. The van der Waals surface area contributed by atoms with Crippen molar-refractivity contribution in [3.63, 3.8) is 0 Å². The van der Waals surface area contributed by atoms with Crippen molar-refractivity contribution < 1.29 is 8.83 Å². The summed E-state index contributed by atoms with van der Waals surface area (Å²) < 4.78 is 13.3. The number of benzene rings is 8. The van der Waals surface area contributed by atoms with Gasteiger partial charge in [0, 0.05) is 27.1 Å². The van der Waals surface area contributed by atoms with Gasteiger partial charge in [0.1, 0.15) is 22.3 Å². The van der Waals surface area contributed by atoms with Gasteiger partial charge in [0.2, 0.25) is 0 Å². The van der Waals surface area contributed by atoms with E-state index in [1.807, 2.05) is 24.3 Å². The van der Waals surface area contributed by atoms with Gasteiger partial charge in [-0.25, -0.2) is 4.98 Å². The Labute approximate surface area is 274 Å². The third-order valence-corrected chi connectivity index (χ3v) is 10.0. The Morgan fingerprint density at radius 3 is 1.60 bits per heavy atom. The van der Waals surface area contributed by atoms with E-state index < -0.39 is 0 Å². The van der Waals surface area contributed by atoms with Crippen molar-refractivity contribution >= 4 is 87.1 Å². The van der Waals surface area contributed by atoms with Crippen LogP contribution in [0.25, 0.3) is 109 Å². The molecule has 48 heavy (non-hydrogen) atoms. The van der Waals surface area contributed by atoms with E-state index in [0.717, 1.165) is 76.8 Å². The first-order chi connectivity index (χ1) is 23.8. The molecule has 3 heteroatoms. The number of fused-ring (bicyclic) bond motifs is 12. The molecule has 0 unspecified atom stereocenters. The Morgan fingerprint density at radius 2 is 0.875 bits per heavy atom. The predicted octanol–water partition coefficient (Wildman–Crippen LogP) is 12.8. The van der Waals surface area contributed by atoms with E-state index in [1.54, 1.807) is 0 Å². The van der Waals surface area contributed by atoms with Gasteiger partial charge in [-0.1, -0.05) is 127 Å². The Bertz CT molecular complexity index is 3060. The summed E-state index contributed by atoms with van der Waals surface area (Å²) in [5.41, 5.74) is 8.54. The lowest BCUT2D eigenvalue weighted by atomic mass is 9.85. The lowest BCUT2D eigenvalue weighted by molar-refractivity contribution is 0.668. The first kappa shape index (κ1) is 25.7. The zero-order chi connectivity index (χ0) is 31.3. The van der Waals surface area contributed by atoms with E-state index in [1.165, 1.54) is 32.7 Å². The van der Waals surface area contributed by atoms with Crippen molar-refractivity contribution in [2.24, 2.45) is 0 Å². The number of hydrogen-bond donors (Lipinski definition) is 0. The van der Waals surface area contributed by atoms with E-state index in [2.05, 4.69) is 127 Å². The van der Waals surface area contributed by atoms with Crippen molar-refractivity contribution in [2.75, 3.05) is 0 Å². The van der Waals surface area contributed by atoms with Crippen molar-refractivity contribution in [3.8, 4) is 22.4 Å². The Morgan fingerprint density at radius 1 is 0.354 bits per heavy atom. The van der Waals surface area contributed by atoms with Crippen LogP contribution < -0.4 is 0 Å². The Hall–Kier alpha value is -6.45. The average Bonchev–Trinajstić information content (AvgIpc) is 3.73. The van der Waals surface area contributed by atoms with Crippen molar-refractivity contribution in [3.05, 3.63) is 152 Å². The van der Waals surface area contributed by atoms with Gasteiger partial charge in [-0.15, -0.1) is 0 Å². The molecule has 0 spiro atoms. The van der Waals surface area contributed by atoms with Gasteiger partial charge in [0.05, 0.1) is 11.1 Å². The smallest absolute Gasteiger partial charge is 0.161 e. The molecule has 0 N–H and O–H groups in total. The number of aromatic nitrogens is 1. The van der Waals surface area contributed by atoms with Gasteiger partial charge in [0.15, 0.2) is 5.58 Å². The third kappa shape index (κ3) is 3.40. The number of nitrogens with zero attached hydrogens (tertiary/aromatic N) is 1. The van der Waals surface area contributed by atoms with Crippen LogP contribution in [0.15, 0.2) is 160 Å². The second-order valence-corrected chi connectivity index (χ2v) is 12.6. The molecule has 0 aliphatic rings. The zero-order valence-electron chi connectivity index (χ0n) is 25.7. The first-order valence-corrected chi connectivity index (χ1v) is 16.3. The summed E-state index contributed by atoms with van der Waals surface area (Å²) in [5.74, 6) is 0. The second kappa shape index (κ2) is 9.54. The summed E-state index contributed by atoms with van der Waals surface area (Å²) in [7, 11) is 0. The molecule has 0 saturated heterocycles. The lowest BCUT2D eigenvalue weighted by Gasteiger charge is -2.19. The van der Waals surface area contributed by atoms with Gasteiger partial charge in [0.25, 0.3) is 0 Å². The van der Waals surface area contributed by atoms with E-state index in [0.29, 0.717) is 0 Å². The van der Waals surface area contributed by atoms with Crippen LogP contribution in [0.3, 0.4) is 0 Å².